The van der Waals surface area contributed by atoms with Crippen LogP contribution >= 0.6 is 11.3 Å². The van der Waals surface area contributed by atoms with E-state index in [1.807, 2.05) is 48.4 Å². The molecule has 1 fully saturated rings. The van der Waals surface area contributed by atoms with Crippen LogP contribution in [0.4, 0.5) is 4.39 Å². The van der Waals surface area contributed by atoms with Gasteiger partial charge in [-0.05, 0) is 37.8 Å². The third kappa shape index (κ3) is 4.46. The SMILES string of the molecule is Cc1nc(C(=O)N2CCCCC2Cc2ncc(-c3ccccc3)[nH]2)c(-c2ccccc2F)s1. The number of benzene rings is 2. The molecule has 1 N–H and O–H groups in total. The van der Waals surface area contributed by atoms with Gasteiger partial charge in [0.25, 0.3) is 5.91 Å². The molecule has 0 saturated carbocycles. The fourth-order valence-corrected chi connectivity index (χ4v) is 5.41. The normalized spacial score (nSPS) is 16.2. The number of carbonyl (C=O) groups is 1. The van der Waals surface area contributed by atoms with Crippen LogP contribution in [-0.2, 0) is 6.42 Å². The molecule has 1 atom stereocenters. The van der Waals surface area contributed by atoms with Gasteiger partial charge in [-0.3, -0.25) is 4.79 Å². The Labute approximate surface area is 196 Å². The first-order valence-electron chi connectivity index (χ1n) is 11.2. The predicted molar refractivity (Wildman–Crippen MR) is 129 cm³/mol. The molecule has 2 aromatic heterocycles. The number of nitrogens with zero attached hydrogens (tertiary/aromatic N) is 3. The number of halogens is 1. The number of aromatic nitrogens is 3. The Morgan fingerprint density at radius 1 is 1.15 bits per heavy atom. The lowest BCUT2D eigenvalue weighted by atomic mass is 9.98. The molecule has 1 amide bonds. The van der Waals surface area contributed by atoms with Gasteiger partial charge in [-0.25, -0.2) is 14.4 Å². The highest BCUT2D eigenvalue weighted by atomic mass is 32.1. The van der Waals surface area contributed by atoms with E-state index in [0.717, 1.165) is 41.4 Å². The van der Waals surface area contributed by atoms with Crippen LogP contribution in [0.3, 0.4) is 0 Å². The molecule has 0 bridgehead atoms. The standard InChI is InChI=1S/C26H25FN4OS/c1-17-29-24(25(33-17)20-12-5-6-13-21(20)27)26(32)31-14-8-7-11-19(31)15-23-28-16-22(30-23)18-9-3-2-4-10-18/h2-6,9-10,12-13,16,19H,7-8,11,14-15H2,1H3,(H,28,30). The summed E-state index contributed by atoms with van der Waals surface area (Å²) in [7, 11) is 0. The summed E-state index contributed by atoms with van der Waals surface area (Å²) < 4.78 is 14.5. The molecule has 0 spiro atoms. The lowest BCUT2D eigenvalue weighted by molar-refractivity contribution is 0.0606. The van der Waals surface area contributed by atoms with E-state index in [4.69, 9.17) is 0 Å². The van der Waals surface area contributed by atoms with Gasteiger partial charge in [0.1, 0.15) is 17.3 Å². The van der Waals surface area contributed by atoms with Crippen molar-refractivity contribution in [2.24, 2.45) is 0 Å². The van der Waals surface area contributed by atoms with E-state index in [2.05, 4.69) is 15.0 Å². The number of aryl methyl sites for hydroxylation is 1. The molecule has 5 rings (SSSR count). The minimum atomic E-state index is -0.338. The Kier molecular flexibility index (Phi) is 6.05. The zero-order valence-corrected chi connectivity index (χ0v) is 19.2. The van der Waals surface area contributed by atoms with Crippen molar-refractivity contribution >= 4 is 17.2 Å². The summed E-state index contributed by atoms with van der Waals surface area (Å²) >= 11 is 1.36. The predicted octanol–water partition coefficient (Wildman–Crippen LogP) is 5.89. The van der Waals surface area contributed by atoms with Gasteiger partial charge in [0.15, 0.2) is 0 Å². The van der Waals surface area contributed by atoms with Crippen LogP contribution in [0.5, 0.6) is 0 Å². The number of imidazole rings is 1. The maximum absolute atomic E-state index is 14.5. The molecule has 1 saturated heterocycles. The average molecular weight is 461 g/mol. The molecule has 1 aliphatic heterocycles. The summed E-state index contributed by atoms with van der Waals surface area (Å²) in [5.41, 5.74) is 2.83. The molecule has 5 nitrogen and oxygen atoms in total. The zero-order chi connectivity index (χ0) is 22.8. The number of aromatic amines is 1. The topological polar surface area (TPSA) is 61.9 Å². The average Bonchev–Trinajstić information content (AvgIpc) is 3.46. The van der Waals surface area contributed by atoms with E-state index in [9.17, 15) is 9.18 Å². The Hall–Kier alpha value is -3.32. The van der Waals surface area contributed by atoms with E-state index in [1.54, 1.807) is 18.2 Å². The van der Waals surface area contributed by atoms with Crippen molar-refractivity contribution in [1.29, 1.82) is 0 Å². The number of piperidine rings is 1. The van der Waals surface area contributed by atoms with Crippen molar-refractivity contribution in [3.05, 3.63) is 83.1 Å². The Bertz CT molecular complexity index is 1270. The summed E-state index contributed by atoms with van der Waals surface area (Å²) in [6.45, 7) is 2.52. The highest BCUT2D eigenvalue weighted by Crippen LogP contribution is 2.34. The quantitative estimate of drug-likeness (QED) is 0.404. The van der Waals surface area contributed by atoms with Crippen molar-refractivity contribution in [3.8, 4) is 21.7 Å². The molecule has 33 heavy (non-hydrogen) atoms. The van der Waals surface area contributed by atoms with Gasteiger partial charge in [0.05, 0.1) is 21.8 Å². The van der Waals surface area contributed by atoms with Crippen LogP contribution in [0, 0.1) is 12.7 Å². The Balaban J connectivity index is 1.41. The van der Waals surface area contributed by atoms with Gasteiger partial charge < -0.3 is 9.88 Å². The molecule has 2 aromatic carbocycles. The molecule has 1 unspecified atom stereocenters. The first kappa shape index (κ1) is 21.5. The van der Waals surface area contributed by atoms with Crippen LogP contribution in [0.1, 0.15) is 40.6 Å². The maximum Gasteiger partial charge on any atom is 0.274 e. The first-order chi connectivity index (χ1) is 16.1. The van der Waals surface area contributed by atoms with Gasteiger partial charge in [0.2, 0.25) is 0 Å². The fraction of sp³-hybridized carbons (Fsp3) is 0.269. The van der Waals surface area contributed by atoms with Crippen molar-refractivity contribution in [2.45, 2.75) is 38.6 Å². The van der Waals surface area contributed by atoms with Gasteiger partial charge in [-0.15, -0.1) is 11.3 Å². The maximum atomic E-state index is 14.5. The zero-order valence-electron chi connectivity index (χ0n) is 18.4. The van der Waals surface area contributed by atoms with E-state index in [1.165, 1.54) is 17.4 Å². The van der Waals surface area contributed by atoms with E-state index >= 15 is 0 Å². The summed E-state index contributed by atoms with van der Waals surface area (Å²) in [4.78, 5) is 28.7. The molecular formula is C26H25FN4OS. The van der Waals surface area contributed by atoms with Crippen LogP contribution in [-0.4, -0.2) is 38.3 Å². The third-order valence-electron chi connectivity index (χ3n) is 6.09. The van der Waals surface area contributed by atoms with Crippen molar-refractivity contribution in [1.82, 2.24) is 19.9 Å². The summed E-state index contributed by atoms with van der Waals surface area (Å²) in [6.07, 6.45) is 5.42. The number of nitrogens with one attached hydrogen (secondary N) is 1. The monoisotopic (exact) mass is 460 g/mol. The number of carbonyl (C=O) groups excluding carboxylic acids is 1. The number of hydrogen-bond acceptors (Lipinski definition) is 4. The fourth-order valence-electron chi connectivity index (χ4n) is 4.47. The van der Waals surface area contributed by atoms with E-state index in [0.29, 0.717) is 29.1 Å². The summed E-state index contributed by atoms with van der Waals surface area (Å²) in [6, 6.07) is 16.7. The molecule has 4 aromatic rings. The van der Waals surface area contributed by atoms with Gasteiger partial charge in [-0.1, -0.05) is 48.5 Å². The summed E-state index contributed by atoms with van der Waals surface area (Å²) in [5, 5.41) is 0.753. The highest BCUT2D eigenvalue weighted by molar-refractivity contribution is 7.15. The molecule has 3 heterocycles. The van der Waals surface area contributed by atoms with Crippen molar-refractivity contribution in [2.75, 3.05) is 6.54 Å². The van der Waals surface area contributed by atoms with E-state index < -0.39 is 0 Å². The lowest BCUT2D eigenvalue weighted by Gasteiger charge is -2.35. The van der Waals surface area contributed by atoms with Gasteiger partial charge in [0, 0.05) is 24.6 Å². The summed E-state index contributed by atoms with van der Waals surface area (Å²) in [5.74, 6) is 0.397. The van der Waals surface area contributed by atoms with E-state index in [-0.39, 0.29) is 17.8 Å². The van der Waals surface area contributed by atoms with Gasteiger partial charge in [-0.2, -0.15) is 0 Å². The molecule has 168 valence electrons. The largest absolute Gasteiger partial charge is 0.342 e. The van der Waals surface area contributed by atoms with Crippen molar-refractivity contribution in [3.63, 3.8) is 0 Å². The van der Waals surface area contributed by atoms with Gasteiger partial charge >= 0.3 is 0 Å². The third-order valence-corrected chi connectivity index (χ3v) is 7.09. The second kappa shape index (κ2) is 9.27. The smallest absolute Gasteiger partial charge is 0.274 e. The molecule has 1 aliphatic rings. The number of hydrogen-bond donors (Lipinski definition) is 1. The minimum absolute atomic E-state index is 0.0245. The number of thiazole rings is 1. The first-order valence-corrected chi connectivity index (χ1v) is 12.0. The Morgan fingerprint density at radius 3 is 2.76 bits per heavy atom. The lowest BCUT2D eigenvalue weighted by Crippen LogP contribution is -2.45. The number of H-pyrrole nitrogens is 1. The molecule has 7 heteroatoms. The van der Waals surface area contributed by atoms with Crippen LogP contribution in [0.25, 0.3) is 21.7 Å². The minimum Gasteiger partial charge on any atom is -0.342 e. The second-order valence-electron chi connectivity index (χ2n) is 8.35. The molecular weight excluding hydrogens is 435 g/mol. The molecule has 0 radical (unpaired) electrons. The number of amides is 1. The Morgan fingerprint density at radius 2 is 1.94 bits per heavy atom. The van der Waals surface area contributed by atoms with Crippen LogP contribution in [0.2, 0.25) is 0 Å². The highest BCUT2D eigenvalue weighted by Gasteiger charge is 2.32. The van der Waals surface area contributed by atoms with Crippen LogP contribution in [0.15, 0.2) is 60.8 Å². The molecule has 0 aliphatic carbocycles. The van der Waals surface area contributed by atoms with Crippen LogP contribution < -0.4 is 0 Å². The van der Waals surface area contributed by atoms with Crippen molar-refractivity contribution < 1.29 is 9.18 Å². The number of likely N-dealkylation sites (tertiary alicyclic amines) is 1. The number of rotatable bonds is 5. The second-order valence-corrected chi connectivity index (χ2v) is 9.56.